The highest BCUT2D eigenvalue weighted by molar-refractivity contribution is 7.09. The van der Waals surface area contributed by atoms with Gasteiger partial charge in [0.2, 0.25) is 0 Å². The standard InChI is InChI=1S/C10H13N3O2S/c1-14-5-4-11-10-12-9(13-15-10)7-8-3-2-6-16-8/h2-3,6H,4-5,7H2,1H3,(H,11,12,13). The lowest BCUT2D eigenvalue weighted by Crippen LogP contribution is -2.07. The molecule has 2 aromatic heterocycles. The summed E-state index contributed by atoms with van der Waals surface area (Å²) in [6.45, 7) is 1.28. The summed E-state index contributed by atoms with van der Waals surface area (Å²) in [7, 11) is 1.65. The van der Waals surface area contributed by atoms with Crippen molar-refractivity contribution in [3.8, 4) is 0 Å². The van der Waals surface area contributed by atoms with E-state index < -0.39 is 0 Å². The third-order valence-corrected chi connectivity index (χ3v) is 2.84. The van der Waals surface area contributed by atoms with Crippen molar-refractivity contribution in [2.75, 3.05) is 25.6 Å². The first-order valence-electron chi connectivity index (χ1n) is 4.96. The van der Waals surface area contributed by atoms with Gasteiger partial charge in [-0.25, -0.2) is 0 Å². The third-order valence-electron chi connectivity index (χ3n) is 1.96. The Kier molecular flexibility index (Phi) is 3.90. The zero-order valence-corrected chi connectivity index (χ0v) is 9.79. The van der Waals surface area contributed by atoms with Gasteiger partial charge in [0, 0.05) is 25.0 Å². The van der Waals surface area contributed by atoms with Crippen molar-refractivity contribution < 1.29 is 9.26 Å². The molecule has 0 fully saturated rings. The van der Waals surface area contributed by atoms with E-state index in [0.29, 0.717) is 31.4 Å². The molecule has 86 valence electrons. The first kappa shape index (κ1) is 11.1. The summed E-state index contributed by atoms with van der Waals surface area (Å²) in [6, 6.07) is 4.51. The maximum atomic E-state index is 5.04. The van der Waals surface area contributed by atoms with Gasteiger partial charge in [0.1, 0.15) is 0 Å². The Morgan fingerprint density at radius 2 is 2.50 bits per heavy atom. The highest BCUT2D eigenvalue weighted by Gasteiger charge is 2.06. The van der Waals surface area contributed by atoms with Crippen LogP contribution in [0.15, 0.2) is 22.0 Å². The van der Waals surface area contributed by atoms with Crippen LogP contribution in [-0.4, -0.2) is 30.4 Å². The Labute approximate surface area is 97.4 Å². The maximum absolute atomic E-state index is 5.04. The number of methoxy groups -OCH3 is 1. The van der Waals surface area contributed by atoms with Crippen molar-refractivity contribution in [1.82, 2.24) is 10.1 Å². The molecule has 6 heteroatoms. The van der Waals surface area contributed by atoms with Crippen LogP contribution in [0.2, 0.25) is 0 Å². The average Bonchev–Trinajstić information content (AvgIpc) is 2.91. The summed E-state index contributed by atoms with van der Waals surface area (Å²) in [4.78, 5) is 5.45. The number of nitrogens with one attached hydrogen (secondary N) is 1. The molecule has 16 heavy (non-hydrogen) atoms. The van der Waals surface area contributed by atoms with Gasteiger partial charge in [-0.3, -0.25) is 0 Å². The minimum atomic E-state index is 0.448. The molecule has 0 bridgehead atoms. The molecule has 0 amide bonds. The lowest BCUT2D eigenvalue weighted by atomic mass is 10.3. The van der Waals surface area contributed by atoms with Crippen molar-refractivity contribution in [1.29, 1.82) is 0 Å². The molecule has 5 nitrogen and oxygen atoms in total. The maximum Gasteiger partial charge on any atom is 0.321 e. The quantitative estimate of drug-likeness (QED) is 0.779. The number of hydrogen-bond donors (Lipinski definition) is 1. The van der Waals surface area contributed by atoms with E-state index in [9.17, 15) is 0 Å². The van der Waals surface area contributed by atoms with Crippen LogP contribution in [0.3, 0.4) is 0 Å². The van der Waals surface area contributed by atoms with E-state index in [1.807, 2.05) is 11.4 Å². The second-order valence-corrected chi connectivity index (χ2v) is 4.22. The Hall–Kier alpha value is -1.40. The van der Waals surface area contributed by atoms with E-state index in [1.165, 1.54) is 4.88 Å². The lowest BCUT2D eigenvalue weighted by molar-refractivity contribution is 0.210. The molecule has 0 spiro atoms. The van der Waals surface area contributed by atoms with Crippen molar-refractivity contribution in [2.45, 2.75) is 6.42 Å². The predicted octanol–water partition coefficient (Wildman–Crippen LogP) is 1.78. The Morgan fingerprint density at radius 3 is 3.25 bits per heavy atom. The summed E-state index contributed by atoms with van der Waals surface area (Å²) in [6.07, 6.45) is 0.715. The van der Waals surface area contributed by atoms with Crippen molar-refractivity contribution in [2.24, 2.45) is 0 Å². The second kappa shape index (κ2) is 5.62. The molecule has 0 saturated carbocycles. The third kappa shape index (κ3) is 3.04. The van der Waals surface area contributed by atoms with Gasteiger partial charge in [-0.2, -0.15) is 4.98 Å². The van der Waals surface area contributed by atoms with Crippen molar-refractivity contribution >= 4 is 17.4 Å². The lowest BCUT2D eigenvalue weighted by Gasteiger charge is -1.97. The van der Waals surface area contributed by atoms with Crippen LogP contribution in [0.1, 0.15) is 10.7 Å². The molecule has 0 saturated heterocycles. The summed E-state index contributed by atoms with van der Waals surface area (Å²) in [5, 5.41) is 8.91. The Balaban J connectivity index is 1.87. The van der Waals surface area contributed by atoms with E-state index in [0.717, 1.165) is 0 Å². The first-order chi connectivity index (χ1) is 7.88. The van der Waals surface area contributed by atoms with Crippen molar-refractivity contribution in [3.05, 3.63) is 28.2 Å². The smallest absolute Gasteiger partial charge is 0.321 e. The number of rotatable bonds is 6. The first-order valence-corrected chi connectivity index (χ1v) is 5.84. The zero-order valence-electron chi connectivity index (χ0n) is 8.97. The highest BCUT2D eigenvalue weighted by Crippen LogP contribution is 2.13. The second-order valence-electron chi connectivity index (χ2n) is 3.19. The van der Waals surface area contributed by atoms with E-state index in [-0.39, 0.29) is 0 Å². The fourth-order valence-corrected chi connectivity index (χ4v) is 1.93. The SMILES string of the molecule is COCCNc1nc(Cc2cccs2)no1. The molecule has 0 unspecified atom stereocenters. The molecule has 2 heterocycles. The number of nitrogens with zero attached hydrogens (tertiary/aromatic N) is 2. The fourth-order valence-electron chi connectivity index (χ4n) is 1.23. The van der Waals surface area contributed by atoms with Crippen LogP contribution in [0.5, 0.6) is 0 Å². The number of aromatic nitrogens is 2. The molecule has 0 aromatic carbocycles. The van der Waals surface area contributed by atoms with Crippen LogP contribution in [0.4, 0.5) is 6.01 Å². The van der Waals surface area contributed by atoms with E-state index in [1.54, 1.807) is 18.4 Å². The molecule has 0 aliphatic heterocycles. The summed E-state index contributed by atoms with van der Waals surface area (Å²) in [5.41, 5.74) is 0. The molecule has 0 aliphatic rings. The molecule has 1 N–H and O–H groups in total. The highest BCUT2D eigenvalue weighted by atomic mass is 32.1. The van der Waals surface area contributed by atoms with Gasteiger partial charge in [0.25, 0.3) is 0 Å². The van der Waals surface area contributed by atoms with E-state index in [4.69, 9.17) is 9.26 Å². The predicted molar refractivity (Wildman–Crippen MR) is 61.8 cm³/mol. The summed E-state index contributed by atoms with van der Waals surface area (Å²) in [5.74, 6) is 0.697. The molecular weight excluding hydrogens is 226 g/mol. The van der Waals surface area contributed by atoms with E-state index >= 15 is 0 Å². The van der Waals surface area contributed by atoms with Gasteiger partial charge in [0.05, 0.1) is 6.61 Å². The summed E-state index contributed by atoms with van der Waals surface area (Å²) >= 11 is 1.69. The number of thiophene rings is 1. The van der Waals surface area contributed by atoms with Gasteiger partial charge in [-0.15, -0.1) is 11.3 Å². The van der Waals surface area contributed by atoms with Crippen LogP contribution < -0.4 is 5.32 Å². The van der Waals surface area contributed by atoms with Gasteiger partial charge in [-0.1, -0.05) is 11.2 Å². The largest absolute Gasteiger partial charge is 0.383 e. The molecule has 0 atom stereocenters. The van der Waals surface area contributed by atoms with Crippen LogP contribution in [0.25, 0.3) is 0 Å². The molecule has 0 radical (unpaired) electrons. The van der Waals surface area contributed by atoms with Gasteiger partial charge < -0.3 is 14.6 Å². The van der Waals surface area contributed by atoms with Crippen LogP contribution >= 0.6 is 11.3 Å². The number of hydrogen-bond acceptors (Lipinski definition) is 6. The van der Waals surface area contributed by atoms with Crippen molar-refractivity contribution in [3.63, 3.8) is 0 Å². The Bertz CT molecular complexity index is 413. The van der Waals surface area contributed by atoms with Gasteiger partial charge >= 0.3 is 6.01 Å². The normalized spacial score (nSPS) is 10.6. The van der Waals surface area contributed by atoms with Gasteiger partial charge in [0.15, 0.2) is 5.82 Å². The summed E-state index contributed by atoms with van der Waals surface area (Å²) < 4.78 is 9.94. The number of anilines is 1. The van der Waals surface area contributed by atoms with Crippen LogP contribution in [0, 0.1) is 0 Å². The minimum Gasteiger partial charge on any atom is -0.383 e. The minimum absolute atomic E-state index is 0.448. The topological polar surface area (TPSA) is 60.2 Å². The number of ether oxygens (including phenoxy) is 1. The van der Waals surface area contributed by atoms with Crippen LogP contribution in [-0.2, 0) is 11.2 Å². The van der Waals surface area contributed by atoms with E-state index in [2.05, 4.69) is 21.5 Å². The monoisotopic (exact) mass is 239 g/mol. The molecular formula is C10H13N3O2S. The molecule has 0 aliphatic carbocycles. The average molecular weight is 239 g/mol. The zero-order chi connectivity index (χ0) is 11.2. The Morgan fingerprint density at radius 1 is 1.56 bits per heavy atom. The molecule has 2 aromatic rings. The van der Waals surface area contributed by atoms with Gasteiger partial charge in [-0.05, 0) is 11.4 Å². The molecule has 2 rings (SSSR count). The fraction of sp³-hybridized carbons (Fsp3) is 0.400.